The third kappa shape index (κ3) is 3.44. The van der Waals surface area contributed by atoms with Crippen LogP contribution in [-0.2, 0) is 14.8 Å². The molecular formula is C16H15N3O4S. The van der Waals surface area contributed by atoms with Gasteiger partial charge in [-0.15, -0.1) is 0 Å². The van der Waals surface area contributed by atoms with Crippen LogP contribution >= 0.6 is 0 Å². The Balaban J connectivity index is 2.00. The lowest BCUT2D eigenvalue weighted by molar-refractivity contribution is 0.0524. The second-order valence-corrected chi connectivity index (χ2v) is 6.89. The lowest BCUT2D eigenvalue weighted by atomic mass is 10.0. The van der Waals surface area contributed by atoms with Gasteiger partial charge < -0.3 is 9.72 Å². The zero-order chi connectivity index (χ0) is 17.2. The van der Waals surface area contributed by atoms with Gasteiger partial charge in [-0.2, -0.15) is 0 Å². The van der Waals surface area contributed by atoms with Crippen LogP contribution in [-0.4, -0.2) is 36.7 Å². The first kappa shape index (κ1) is 16.2. The number of benzene rings is 1. The molecule has 1 aromatic carbocycles. The number of hydrogen-bond donors (Lipinski definition) is 2. The molecule has 3 aromatic rings. The number of para-hydroxylation sites is 1. The van der Waals surface area contributed by atoms with Gasteiger partial charge in [0.1, 0.15) is 12.3 Å². The van der Waals surface area contributed by atoms with Crippen LogP contribution in [0.3, 0.4) is 0 Å². The van der Waals surface area contributed by atoms with Crippen LogP contribution in [0.2, 0.25) is 0 Å². The summed E-state index contributed by atoms with van der Waals surface area (Å²) >= 11 is 0. The number of ether oxygens (including phenoxy) is 1. The average molecular weight is 345 g/mol. The zero-order valence-electron chi connectivity index (χ0n) is 12.6. The zero-order valence-corrected chi connectivity index (χ0v) is 13.4. The molecule has 0 fully saturated rings. The fourth-order valence-electron chi connectivity index (χ4n) is 2.44. The van der Waals surface area contributed by atoms with Crippen LogP contribution in [0.4, 0.5) is 0 Å². The molecule has 8 heteroatoms. The third-order valence-corrected chi connectivity index (χ3v) is 4.22. The first-order chi connectivity index (χ1) is 11.5. The lowest BCUT2D eigenvalue weighted by Crippen LogP contribution is -2.22. The summed E-state index contributed by atoms with van der Waals surface area (Å²) in [4.78, 5) is 19.4. The predicted octanol–water partition coefficient (Wildman–Crippen LogP) is 1.68. The highest BCUT2D eigenvalue weighted by Gasteiger charge is 2.20. The SMILES string of the molecule is NS(=O)(=O)CCOC(=O)c1[nH]c2ccccc2c1-c1ccncc1. The standard InChI is InChI=1S/C16H15N3O4S/c17-24(21,22)10-9-23-16(20)15-14(11-5-7-18-8-6-11)12-3-1-2-4-13(12)19-15/h1-8,19H,9-10H2,(H2,17,21,22). The quantitative estimate of drug-likeness (QED) is 0.683. The molecular weight excluding hydrogens is 330 g/mol. The van der Waals surface area contributed by atoms with Crippen molar-refractivity contribution >= 4 is 26.9 Å². The Morgan fingerprint density at radius 3 is 2.58 bits per heavy atom. The number of nitrogens with two attached hydrogens (primary N) is 1. The Kier molecular flexibility index (Phi) is 4.32. The molecule has 0 amide bonds. The number of sulfonamides is 1. The van der Waals surface area contributed by atoms with E-state index in [9.17, 15) is 13.2 Å². The van der Waals surface area contributed by atoms with Crippen molar-refractivity contribution in [3.05, 3.63) is 54.5 Å². The number of carbonyl (C=O) groups is 1. The number of fused-ring (bicyclic) bond motifs is 1. The number of nitrogens with zero attached hydrogens (tertiary/aromatic N) is 1. The van der Waals surface area contributed by atoms with Crippen LogP contribution < -0.4 is 5.14 Å². The first-order valence-corrected chi connectivity index (χ1v) is 8.86. The fourth-order valence-corrected chi connectivity index (χ4v) is 2.75. The summed E-state index contributed by atoms with van der Waals surface area (Å²) in [5.41, 5.74) is 2.54. The van der Waals surface area contributed by atoms with E-state index in [1.54, 1.807) is 24.5 Å². The molecule has 0 saturated carbocycles. The highest BCUT2D eigenvalue weighted by molar-refractivity contribution is 7.89. The van der Waals surface area contributed by atoms with Crippen molar-refractivity contribution in [3.8, 4) is 11.1 Å². The minimum atomic E-state index is -3.68. The van der Waals surface area contributed by atoms with Crippen molar-refractivity contribution in [2.75, 3.05) is 12.4 Å². The van der Waals surface area contributed by atoms with E-state index < -0.39 is 21.7 Å². The van der Waals surface area contributed by atoms with Crippen LogP contribution in [0.5, 0.6) is 0 Å². The molecule has 0 radical (unpaired) electrons. The molecule has 124 valence electrons. The second kappa shape index (κ2) is 6.42. The fraction of sp³-hybridized carbons (Fsp3) is 0.125. The number of nitrogens with one attached hydrogen (secondary N) is 1. The van der Waals surface area contributed by atoms with E-state index in [1.165, 1.54) is 0 Å². The van der Waals surface area contributed by atoms with Gasteiger partial charge in [-0.25, -0.2) is 18.4 Å². The molecule has 0 spiro atoms. The maximum Gasteiger partial charge on any atom is 0.355 e. The molecule has 24 heavy (non-hydrogen) atoms. The van der Waals surface area contributed by atoms with Crippen LogP contribution in [0.1, 0.15) is 10.5 Å². The van der Waals surface area contributed by atoms with Crippen LogP contribution in [0.15, 0.2) is 48.8 Å². The Labute approximate surface area is 138 Å². The maximum atomic E-state index is 12.4. The van der Waals surface area contributed by atoms with Crippen molar-refractivity contribution in [1.29, 1.82) is 0 Å². The maximum absolute atomic E-state index is 12.4. The molecule has 0 bridgehead atoms. The Morgan fingerprint density at radius 1 is 1.17 bits per heavy atom. The largest absolute Gasteiger partial charge is 0.460 e. The van der Waals surface area contributed by atoms with Gasteiger partial charge in [-0.3, -0.25) is 4.98 Å². The summed E-state index contributed by atoms with van der Waals surface area (Å²) in [7, 11) is -3.68. The smallest absolute Gasteiger partial charge is 0.355 e. The minimum Gasteiger partial charge on any atom is -0.460 e. The molecule has 0 saturated heterocycles. The van der Waals surface area contributed by atoms with E-state index in [0.717, 1.165) is 16.5 Å². The number of pyridine rings is 1. The molecule has 7 nitrogen and oxygen atoms in total. The average Bonchev–Trinajstić information content (AvgIpc) is 2.94. The summed E-state index contributed by atoms with van der Waals surface area (Å²) in [6.07, 6.45) is 3.26. The van der Waals surface area contributed by atoms with Crippen LogP contribution in [0.25, 0.3) is 22.0 Å². The lowest BCUT2D eigenvalue weighted by Gasteiger charge is -2.06. The van der Waals surface area contributed by atoms with E-state index in [4.69, 9.17) is 9.88 Å². The van der Waals surface area contributed by atoms with Crippen molar-refractivity contribution < 1.29 is 17.9 Å². The number of carbonyl (C=O) groups excluding carboxylic acids is 1. The Morgan fingerprint density at radius 2 is 1.88 bits per heavy atom. The van der Waals surface area contributed by atoms with Gasteiger partial charge in [0.25, 0.3) is 0 Å². The van der Waals surface area contributed by atoms with Crippen molar-refractivity contribution in [2.45, 2.75) is 0 Å². The predicted molar refractivity (Wildman–Crippen MR) is 89.8 cm³/mol. The van der Waals surface area contributed by atoms with Gasteiger partial charge in [0, 0.05) is 28.9 Å². The monoisotopic (exact) mass is 345 g/mol. The molecule has 0 aliphatic heterocycles. The second-order valence-electron chi connectivity index (χ2n) is 5.16. The Hall–Kier alpha value is -2.71. The van der Waals surface area contributed by atoms with Gasteiger partial charge in [0.15, 0.2) is 0 Å². The molecule has 0 aliphatic rings. The summed E-state index contributed by atoms with van der Waals surface area (Å²) in [6, 6.07) is 11.0. The van der Waals surface area contributed by atoms with E-state index in [0.29, 0.717) is 5.56 Å². The number of esters is 1. The van der Waals surface area contributed by atoms with E-state index in [2.05, 4.69) is 9.97 Å². The molecule has 0 aliphatic carbocycles. The first-order valence-electron chi connectivity index (χ1n) is 7.14. The summed E-state index contributed by atoms with van der Waals surface area (Å²) in [5.74, 6) is -1.06. The summed E-state index contributed by atoms with van der Waals surface area (Å²) in [6.45, 7) is -0.303. The van der Waals surface area contributed by atoms with Gasteiger partial charge in [0.2, 0.25) is 10.0 Å². The number of rotatable bonds is 5. The normalized spacial score (nSPS) is 11.5. The summed E-state index contributed by atoms with van der Waals surface area (Å²) in [5, 5.41) is 5.77. The van der Waals surface area contributed by atoms with E-state index >= 15 is 0 Å². The van der Waals surface area contributed by atoms with E-state index in [1.807, 2.05) is 24.3 Å². The molecule has 3 rings (SSSR count). The number of aromatic nitrogens is 2. The van der Waals surface area contributed by atoms with Gasteiger partial charge in [-0.1, -0.05) is 18.2 Å². The minimum absolute atomic E-state index is 0.261. The number of H-pyrrole nitrogens is 1. The van der Waals surface area contributed by atoms with Crippen molar-refractivity contribution in [3.63, 3.8) is 0 Å². The van der Waals surface area contributed by atoms with Gasteiger partial charge >= 0.3 is 5.97 Å². The van der Waals surface area contributed by atoms with Gasteiger partial charge in [0.05, 0.1) is 5.75 Å². The van der Waals surface area contributed by atoms with Gasteiger partial charge in [-0.05, 0) is 23.8 Å². The summed E-state index contributed by atoms with van der Waals surface area (Å²) < 4.78 is 27.0. The molecule has 3 N–H and O–H groups in total. The molecule has 2 aromatic heterocycles. The number of hydrogen-bond acceptors (Lipinski definition) is 5. The van der Waals surface area contributed by atoms with E-state index in [-0.39, 0.29) is 12.3 Å². The highest BCUT2D eigenvalue weighted by Crippen LogP contribution is 2.32. The Bertz CT molecular complexity index is 981. The molecule has 0 atom stereocenters. The van der Waals surface area contributed by atoms with Crippen molar-refractivity contribution in [2.24, 2.45) is 5.14 Å². The number of aromatic amines is 1. The van der Waals surface area contributed by atoms with Crippen molar-refractivity contribution in [1.82, 2.24) is 9.97 Å². The topological polar surface area (TPSA) is 115 Å². The number of primary sulfonamides is 1. The molecule has 2 heterocycles. The third-order valence-electron chi connectivity index (χ3n) is 3.48. The van der Waals surface area contributed by atoms with Crippen LogP contribution in [0, 0.1) is 0 Å². The highest BCUT2D eigenvalue weighted by atomic mass is 32.2. The molecule has 0 unspecified atom stereocenters.